The summed E-state index contributed by atoms with van der Waals surface area (Å²) >= 11 is 0. The second-order valence-corrected chi connectivity index (χ2v) is 7.19. The summed E-state index contributed by atoms with van der Waals surface area (Å²) in [6.45, 7) is 8.03. The van der Waals surface area contributed by atoms with Crippen LogP contribution >= 0.6 is 0 Å². The number of likely N-dealkylation sites (N-methyl/N-ethyl adjacent to an activating group) is 1. The Morgan fingerprint density at radius 3 is 2.96 bits per heavy atom. The van der Waals surface area contributed by atoms with E-state index in [1.807, 2.05) is 7.05 Å². The lowest BCUT2D eigenvalue weighted by Gasteiger charge is -2.31. The number of amides is 1. The van der Waals surface area contributed by atoms with E-state index in [2.05, 4.69) is 32.8 Å². The van der Waals surface area contributed by atoms with Crippen molar-refractivity contribution in [3.05, 3.63) is 17.5 Å². The highest BCUT2D eigenvalue weighted by molar-refractivity contribution is 5.81. The van der Waals surface area contributed by atoms with Gasteiger partial charge in [-0.2, -0.15) is 5.10 Å². The largest absolute Gasteiger partial charge is 0.349 e. The Morgan fingerprint density at radius 1 is 1.29 bits per heavy atom. The van der Waals surface area contributed by atoms with Gasteiger partial charge in [-0.3, -0.25) is 19.3 Å². The molecule has 1 aromatic heterocycles. The van der Waals surface area contributed by atoms with Crippen molar-refractivity contribution in [3.63, 3.8) is 0 Å². The molecule has 0 aromatic carbocycles. The molecule has 2 aliphatic rings. The van der Waals surface area contributed by atoms with Gasteiger partial charge in [0.25, 0.3) is 0 Å². The molecular formula is C18H31N5O. The Bertz CT molecular complexity index is 556. The van der Waals surface area contributed by atoms with Crippen LogP contribution in [0.25, 0.3) is 0 Å². The summed E-state index contributed by atoms with van der Waals surface area (Å²) < 4.78 is 2.13. The van der Waals surface area contributed by atoms with Crippen LogP contribution in [0.4, 0.5) is 0 Å². The normalized spacial score (nSPS) is 22.8. The number of fused-ring (bicyclic) bond motifs is 1. The first-order valence-corrected chi connectivity index (χ1v) is 9.43. The van der Waals surface area contributed by atoms with Crippen molar-refractivity contribution in [2.45, 2.75) is 64.7 Å². The van der Waals surface area contributed by atoms with Crippen LogP contribution in [0, 0.1) is 0 Å². The van der Waals surface area contributed by atoms with Gasteiger partial charge in [0.1, 0.15) is 0 Å². The number of likely N-dealkylation sites (tertiary alicyclic amines) is 1. The molecule has 3 heterocycles. The van der Waals surface area contributed by atoms with E-state index in [4.69, 9.17) is 5.10 Å². The monoisotopic (exact) mass is 333 g/mol. The fourth-order valence-corrected chi connectivity index (χ4v) is 3.88. The van der Waals surface area contributed by atoms with Crippen molar-refractivity contribution in [3.8, 4) is 0 Å². The molecule has 0 radical (unpaired) electrons. The topological polar surface area (TPSA) is 53.4 Å². The molecule has 0 bridgehead atoms. The lowest BCUT2D eigenvalue weighted by atomic mass is 10.0. The number of nitrogens with one attached hydrogen (secondary N) is 1. The first-order chi connectivity index (χ1) is 11.7. The smallest absolute Gasteiger partial charge is 0.237 e. The number of hydrogen-bond donors (Lipinski definition) is 1. The van der Waals surface area contributed by atoms with Crippen molar-refractivity contribution in [1.29, 1.82) is 0 Å². The fourth-order valence-electron chi connectivity index (χ4n) is 3.88. The van der Waals surface area contributed by atoms with E-state index in [-0.39, 0.29) is 11.9 Å². The third kappa shape index (κ3) is 4.16. The van der Waals surface area contributed by atoms with Crippen molar-refractivity contribution < 1.29 is 4.79 Å². The summed E-state index contributed by atoms with van der Waals surface area (Å²) in [6, 6.07) is 2.19. The predicted molar refractivity (Wildman–Crippen MR) is 94.5 cm³/mol. The maximum atomic E-state index is 12.4. The summed E-state index contributed by atoms with van der Waals surface area (Å²) in [7, 11) is 2.05. The quantitative estimate of drug-likeness (QED) is 0.889. The van der Waals surface area contributed by atoms with Gasteiger partial charge in [-0.1, -0.05) is 13.3 Å². The lowest BCUT2D eigenvalue weighted by Crippen LogP contribution is -2.47. The van der Waals surface area contributed by atoms with E-state index >= 15 is 0 Å². The van der Waals surface area contributed by atoms with Crippen molar-refractivity contribution in [1.82, 2.24) is 24.9 Å². The van der Waals surface area contributed by atoms with Gasteiger partial charge in [-0.15, -0.1) is 0 Å². The van der Waals surface area contributed by atoms with Gasteiger partial charge >= 0.3 is 0 Å². The van der Waals surface area contributed by atoms with Crippen LogP contribution in [-0.4, -0.2) is 58.2 Å². The highest BCUT2D eigenvalue weighted by atomic mass is 16.2. The Morgan fingerprint density at radius 2 is 2.17 bits per heavy atom. The van der Waals surface area contributed by atoms with E-state index in [9.17, 15) is 4.79 Å². The first-order valence-electron chi connectivity index (χ1n) is 9.43. The molecule has 3 rings (SSSR count). The van der Waals surface area contributed by atoms with Crippen molar-refractivity contribution in [2.24, 2.45) is 0 Å². The number of rotatable bonds is 5. The molecule has 1 N–H and O–H groups in total. The standard InChI is InChI=1S/C18H31N5O/c1-3-8-22-10-6-11-23-16(14-22)12-15(20-23)13-19-18(24)17-7-4-5-9-21(17)2/h12,17H,3-11,13-14H2,1-2H3,(H,19,24). The zero-order valence-electron chi connectivity index (χ0n) is 15.1. The zero-order chi connectivity index (χ0) is 16.9. The van der Waals surface area contributed by atoms with Crippen LogP contribution < -0.4 is 5.32 Å². The van der Waals surface area contributed by atoms with E-state index < -0.39 is 0 Å². The van der Waals surface area contributed by atoms with E-state index in [0.717, 1.165) is 57.7 Å². The van der Waals surface area contributed by atoms with E-state index in [1.54, 1.807) is 0 Å². The molecule has 1 amide bonds. The van der Waals surface area contributed by atoms with E-state index in [0.29, 0.717) is 6.54 Å². The number of aryl methyl sites for hydroxylation is 1. The molecule has 1 saturated heterocycles. The number of nitrogens with zero attached hydrogens (tertiary/aromatic N) is 4. The van der Waals surface area contributed by atoms with Gasteiger partial charge < -0.3 is 5.32 Å². The van der Waals surface area contributed by atoms with Gasteiger partial charge in [0.05, 0.1) is 24.0 Å². The number of carbonyl (C=O) groups excluding carboxylic acids is 1. The molecule has 0 saturated carbocycles. The van der Waals surface area contributed by atoms with Crippen molar-refractivity contribution >= 4 is 5.91 Å². The summed E-state index contributed by atoms with van der Waals surface area (Å²) in [6.07, 6.45) is 5.64. The van der Waals surface area contributed by atoms with Crippen LogP contribution in [0.15, 0.2) is 6.07 Å². The molecule has 6 heteroatoms. The minimum atomic E-state index is 0.0271. The molecular weight excluding hydrogens is 302 g/mol. The SMILES string of the molecule is CCCN1CCCn2nc(CNC(=O)C3CCCCN3C)cc2C1. The first kappa shape index (κ1) is 17.4. The summed E-state index contributed by atoms with van der Waals surface area (Å²) in [5.41, 5.74) is 2.26. The molecule has 0 aliphatic carbocycles. The third-order valence-corrected chi connectivity index (χ3v) is 5.20. The molecule has 24 heavy (non-hydrogen) atoms. The molecule has 6 nitrogen and oxygen atoms in total. The Labute approximate surface area is 145 Å². The zero-order valence-corrected chi connectivity index (χ0v) is 15.1. The van der Waals surface area contributed by atoms with Crippen LogP contribution in [-0.2, 0) is 24.4 Å². The van der Waals surface area contributed by atoms with Crippen LogP contribution in [0.5, 0.6) is 0 Å². The minimum Gasteiger partial charge on any atom is -0.349 e. The third-order valence-electron chi connectivity index (χ3n) is 5.20. The number of carbonyl (C=O) groups is 1. The molecule has 0 spiro atoms. The average Bonchev–Trinajstić information content (AvgIpc) is 2.85. The highest BCUT2D eigenvalue weighted by Gasteiger charge is 2.25. The second-order valence-electron chi connectivity index (χ2n) is 7.19. The van der Waals surface area contributed by atoms with Crippen molar-refractivity contribution in [2.75, 3.05) is 26.7 Å². The van der Waals surface area contributed by atoms with E-state index in [1.165, 1.54) is 18.5 Å². The molecule has 1 aromatic rings. The molecule has 134 valence electrons. The summed E-state index contributed by atoms with van der Waals surface area (Å²) in [5.74, 6) is 0.146. The fraction of sp³-hybridized carbons (Fsp3) is 0.778. The van der Waals surface area contributed by atoms with Gasteiger partial charge in [-0.05, 0) is 51.9 Å². The Kier molecular flexibility index (Phi) is 5.89. The van der Waals surface area contributed by atoms with Crippen LogP contribution in [0.3, 0.4) is 0 Å². The number of hydrogen-bond acceptors (Lipinski definition) is 4. The van der Waals surface area contributed by atoms with Gasteiger partial charge in [0.15, 0.2) is 0 Å². The second kappa shape index (κ2) is 8.12. The predicted octanol–water partition coefficient (Wildman–Crippen LogP) is 1.60. The number of piperidine rings is 1. The molecule has 1 unspecified atom stereocenters. The molecule has 2 aliphatic heterocycles. The van der Waals surface area contributed by atoms with Gasteiger partial charge in [0, 0.05) is 19.6 Å². The molecule has 1 atom stereocenters. The maximum Gasteiger partial charge on any atom is 0.237 e. The van der Waals surface area contributed by atoms with Crippen LogP contribution in [0.2, 0.25) is 0 Å². The summed E-state index contributed by atoms with van der Waals surface area (Å²) in [4.78, 5) is 17.1. The summed E-state index contributed by atoms with van der Waals surface area (Å²) in [5, 5.41) is 7.79. The van der Waals surface area contributed by atoms with Gasteiger partial charge in [0.2, 0.25) is 5.91 Å². The lowest BCUT2D eigenvalue weighted by molar-refractivity contribution is -0.127. The number of aromatic nitrogens is 2. The molecule has 1 fully saturated rings. The highest BCUT2D eigenvalue weighted by Crippen LogP contribution is 2.16. The Balaban J connectivity index is 1.56. The average molecular weight is 333 g/mol. The van der Waals surface area contributed by atoms with Crippen LogP contribution in [0.1, 0.15) is 50.4 Å². The minimum absolute atomic E-state index is 0.0271. The Hall–Kier alpha value is -1.40. The maximum absolute atomic E-state index is 12.4. The van der Waals surface area contributed by atoms with Gasteiger partial charge in [-0.25, -0.2) is 0 Å².